The molecule has 0 saturated carbocycles. The van der Waals surface area contributed by atoms with Gasteiger partial charge in [-0.3, -0.25) is 9.80 Å². The number of benzene rings is 1. The van der Waals surface area contributed by atoms with E-state index in [9.17, 15) is 5.11 Å². The smallest absolute Gasteiger partial charge is 0.0446 e. The molecule has 4 heteroatoms. The number of aliphatic hydroxyl groups excluding tert-OH is 1. The van der Waals surface area contributed by atoms with Crippen molar-refractivity contribution in [2.45, 2.75) is 37.8 Å². The van der Waals surface area contributed by atoms with E-state index in [1.165, 1.54) is 16.0 Å². The molecule has 0 aliphatic carbocycles. The standard InChI is InChI=1S/C19H30N2OS/c1-16(2)7-9-21-11-10-20(15-18(21)8-12-22)14-17-5-4-6-19(13-17)23-3/h4-7,13,18,22H,8-12,14-15H2,1-3H3/t18-/m1/s1. The van der Waals surface area contributed by atoms with Gasteiger partial charge in [-0.15, -0.1) is 11.8 Å². The summed E-state index contributed by atoms with van der Waals surface area (Å²) in [5.41, 5.74) is 2.75. The van der Waals surface area contributed by atoms with Crippen molar-refractivity contribution in [2.24, 2.45) is 0 Å². The molecule has 23 heavy (non-hydrogen) atoms. The molecule has 1 saturated heterocycles. The Morgan fingerprint density at radius 3 is 2.87 bits per heavy atom. The van der Waals surface area contributed by atoms with Crippen molar-refractivity contribution in [2.75, 3.05) is 39.0 Å². The Kier molecular flexibility index (Phi) is 7.63. The van der Waals surface area contributed by atoms with E-state index in [0.29, 0.717) is 6.04 Å². The van der Waals surface area contributed by atoms with Crippen LogP contribution in [0.1, 0.15) is 25.8 Å². The number of allylic oxidation sites excluding steroid dienone is 1. The molecule has 0 spiro atoms. The van der Waals surface area contributed by atoms with Crippen molar-refractivity contribution < 1.29 is 5.11 Å². The average Bonchev–Trinajstić information content (AvgIpc) is 2.54. The first-order valence-electron chi connectivity index (χ1n) is 8.46. The monoisotopic (exact) mass is 334 g/mol. The van der Waals surface area contributed by atoms with Crippen LogP contribution >= 0.6 is 11.8 Å². The lowest BCUT2D eigenvalue weighted by atomic mass is 10.1. The summed E-state index contributed by atoms with van der Waals surface area (Å²) in [5.74, 6) is 0. The summed E-state index contributed by atoms with van der Waals surface area (Å²) in [6.45, 7) is 9.80. The maximum Gasteiger partial charge on any atom is 0.0446 e. The van der Waals surface area contributed by atoms with Crippen LogP contribution in [0.5, 0.6) is 0 Å². The van der Waals surface area contributed by atoms with E-state index in [1.807, 2.05) is 0 Å². The fourth-order valence-electron chi connectivity index (χ4n) is 3.09. The molecule has 1 aliphatic rings. The molecule has 1 fully saturated rings. The molecule has 128 valence electrons. The third-order valence-electron chi connectivity index (χ3n) is 4.43. The Morgan fingerprint density at radius 2 is 2.17 bits per heavy atom. The van der Waals surface area contributed by atoms with Crippen molar-refractivity contribution in [3.8, 4) is 0 Å². The Hall–Kier alpha value is -0.810. The molecular weight excluding hydrogens is 304 g/mol. The van der Waals surface area contributed by atoms with E-state index in [2.05, 4.69) is 60.2 Å². The third-order valence-corrected chi connectivity index (χ3v) is 5.15. The van der Waals surface area contributed by atoms with Gasteiger partial charge in [-0.1, -0.05) is 23.8 Å². The number of rotatable bonds is 7. The SMILES string of the molecule is CSc1cccc(CN2CCN(CC=C(C)C)[C@H](CCO)C2)c1. The number of piperazine rings is 1. The van der Waals surface area contributed by atoms with E-state index >= 15 is 0 Å². The van der Waals surface area contributed by atoms with Gasteiger partial charge in [-0.05, 0) is 44.2 Å². The molecule has 1 aromatic carbocycles. The van der Waals surface area contributed by atoms with Crippen molar-refractivity contribution in [1.82, 2.24) is 9.80 Å². The minimum atomic E-state index is 0.270. The van der Waals surface area contributed by atoms with Crippen molar-refractivity contribution >= 4 is 11.8 Å². The normalized spacial score (nSPS) is 19.7. The largest absolute Gasteiger partial charge is 0.396 e. The molecule has 1 aliphatic heterocycles. The average molecular weight is 335 g/mol. The number of aliphatic hydroxyl groups is 1. The van der Waals surface area contributed by atoms with Gasteiger partial charge in [0.15, 0.2) is 0 Å². The first-order chi connectivity index (χ1) is 11.1. The first-order valence-corrected chi connectivity index (χ1v) is 9.68. The number of hydrogen-bond acceptors (Lipinski definition) is 4. The van der Waals surface area contributed by atoms with Gasteiger partial charge < -0.3 is 5.11 Å². The minimum absolute atomic E-state index is 0.270. The molecule has 1 atom stereocenters. The quantitative estimate of drug-likeness (QED) is 0.612. The van der Waals surface area contributed by atoms with E-state index in [1.54, 1.807) is 11.8 Å². The van der Waals surface area contributed by atoms with Crippen LogP contribution in [-0.4, -0.2) is 60.0 Å². The molecular formula is C19H30N2OS. The van der Waals surface area contributed by atoms with Gasteiger partial charge in [0.1, 0.15) is 0 Å². The van der Waals surface area contributed by atoms with Crippen molar-refractivity contribution in [3.05, 3.63) is 41.5 Å². The summed E-state index contributed by atoms with van der Waals surface area (Å²) in [4.78, 5) is 6.37. The summed E-state index contributed by atoms with van der Waals surface area (Å²) >= 11 is 1.80. The molecule has 3 nitrogen and oxygen atoms in total. The second-order valence-electron chi connectivity index (χ2n) is 6.53. The van der Waals surface area contributed by atoms with Crippen molar-refractivity contribution in [1.29, 1.82) is 0 Å². The van der Waals surface area contributed by atoms with Gasteiger partial charge in [0, 0.05) is 50.3 Å². The van der Waals surface area contributed by atoms with Crippen LogP contribution in [0.4, 0.5) is 0 Å². The maximum absolute atomic E-state index is 9.39. The molecule has 1 N–H and O–H groups in total. The number of hydrogen-bond donors (Lipinski definition) is 1. The predicted molar refractivity (Wildman–Crippen MR) is 100.0 cm³/mol. The Morgan fingerprint density at radius 1 is 1.35 bits per heavy atom. The van der Waals surface area contributed by atoms with Gasteiger partial charge in [0.05, 0.1) is 0 Å². The summed E-state index contributed by atoms with van der Waals surface area (Å²) < 4.78 is 0. The summed E-state index contributed by atoms with van der Waals surface area (Å²) in [6.07, 6.45) is 5.28. The lowest BCUT2D eigenvalue weighted by molar-refractivity contribution is 0.0636. The Balaban J connectivity index is 1.96. The highest BCUT2D eigenvalue weighted by atomic mass is 32.2. The van der Waals surface area contributed by atoms with Crippen LogP contribution in [0.25, 0.3) is 0 Å². The first kappa shape index (κ1) is 18.5. The van der Waals surface area contributed by atoms with Gasteiger partial charge >= 0.3 is 0 Å². The second-order valence-corrected chi connectivity index (χ2v) is 7.41. The van der Waals surface area contributed by atoms with Crippen LogP contribution in [-0.2, 0) is 6.54 Å². The molecule has 0 radical (unpaired) electrons. The highest BCUT2D eigenvalue weighted by Gasteiger charge is 2.25. The topological polar surface area (TPSA) is 26.7 Å². The van der Waals surface area contributed by atoms with E-state index in [0.717, 1.165) is 39.1 Å². The minimum Gasteiger partial charge on any atom is -0.396 e. The fraction of sp³-hybridized carbons (Fsp3) is 0.579. The van der Waals surface area contributed by atoms with Gasteiger partial charge in [0.25, 0.3) is 0 Å². The zero-order chi connectivity index (χ0) is 16.7. The van der Waals surface area contributed by atoms with Crippen molar-refractivity contribution in [3.63, 3.8) is 0 Å². The van der Waals surface area contributed by atoms with Crippen LogP contribution in [0, 0.1) is 0 Å². The fourth-order valence-corrected chi connectivity index (χ4v) is 3.58. The van der Waals surface area contributed by atoms with Crippen LogP contribution in [0.15, 0.2) is 40.8 Å². The zero-order valence-electron chi connectivity index (χ0n) is 14.7. The molecule has 0 unspecified atom stereocenters. The van der Waals surface area contributed by atoms with Gasteiger partial charge in [0.2, 0.25) is 0 Å². The molecule has 0 bridgehead atoms. The lowest BCUT2D eigenvalue weighted by Gasteiger charge is -2.41. The van der Waals surface area contributed by atoms with E-state index < -0.39 is 0 Å². The zero-order valence-corrected chi connectivity index (χ0v) is 15.5. The Bertz CT molecular complexity index is 514. The highest BCUT2D eigenvalue weighted by molar-refractivity contribution is 7.98. The maximum atomic E-state index is 9.39. The molecule has 1 aromatic rings. The highest BCUT2D eigenvalue weighted by Crippen LogP contribution is 2.19. The number of thioether (sulfide) groups is 1. The lowest BCUT2D eigenvalue weighted by Crippen LogP contribution is -2.53. The number of nitrogens with zero attached hydrogens (tertiary/aromatic N) is 2. The van der Waals surface area contributed by atoms with Gasteiger partial charge in [-0.25, -0.2) is 0 Å². The molecule has 1 heterocycles. The van der Waals surface area contributed by atoms with E-state index in [-0.39, 0.29) is 6.61 Å². The second kappa shape index (κ2) is 9.48. The summed E-state index contributed by atoms with van der Waals surface area (Å²) in [6, 6.07) is 9.28. The summed E-state index contributed by atoms with van der Waals surface area (Å²) in [5, 5.41) is 9.39. The van der Waals surface area contributed by atoms with Crippen LogP contribution in [0.3, 0.4) is 0 Å². The molecule has 0 amide bonds. The molecule has 0 aromatic heterocycles. The van der Waals surface area contributed by atoms with Crippen LogP contribution < -0.4 is 0 Å². The summed E-state index contributed by atoms with van der Waals surface area (Å²) in [7, 11) is 0. The third kappa shape index (κ3) is 5.96. The molecule has 2 rings (SSSR count). The predicted octanol–water partition coefficient (Wildman–Crippen LogP) is 3.24. The van der Waals surface area contributed by atoms with Gasteiger partial charge in [-0.2, -0.15) is 0 Å². The Labute approximate surface area is 145 Å². The van der Waals surface area contributed by atoms with Crippen LogP contribution in [0.2, 0.25) is 0 Å². The van der Waals surface area contributed by atoms with E-state index in [4.69, 9.17) is 0 Å².